The summed E-state index contributed by atoms with van der Waals surface area (Å²) in [6, 6.07) is 16.1. The van der Waals surface area contributed by atoms with Crippen LogP contribution in [0.25, 0.3) is 66.6 Å². The molecule has 0 saturated carbocycles. The van der Waals surface area contributed by atoms with Gasteiger partial charge in [-0.2, -0.15) is 10.5 Å². The topological polar surface area (TPSA) is 247 Å². The molecule has 2 fully saturated rings. The average molecular weight is 1170 g/mol. The summed E-state index contributed by atoms with van der Waals surface area (Å²) in [7, 11) is -0.585. The van der Waals surface area contributed by atoms with Gasteiger partial charge in [-0.25, -0.2) is 19.9 Å². The molecular weight excluding hydrogens is 1100 g/mol. The summed E-state index contributed by atoms with van der Waals surface area (Å²) in [6.07, 6.45) is 10.6. The van der Waals surface area contributed by atoms with E-state index in [0.717, 1.165) is 45.0 Å². The fourth-order valence-electron chi connectivity index (χ4n) is 9.55. The highest BCUT2D eigenvalue weighted by Crippen LogP contribution is 2.34. The van der Waals surface area contributed by atoms with Crippen molar-refractivity contribution in [1.82, 2.24) is 59.1 Å². The lowest BCUT2D eigenvalue weighted by Crippen LogP contribution is -2.55. The molecule has 8 heterocycles. The number of amides is 4. The van der Waals surface area contributed by atoms with E-state index in [-0.39, 0.29) is 37.1 Å². The van der Waals surface area contributed by atoms with Crippen LogP contribution < -0.4 is 10.6 Å². The summed E-state index contributed by atoms with van der Waals surface area (Å²) in [5.74, 6) is -1.60. The standard InChI is InChI=1S/C29H34ClN7O3Si.C28H32ClN7O3Si/c1-18(29(39)36-13-19(11-31)14-36)33-28(38)23-16-37(17-40-8-9-41(3,4)5)27-26(23)34-24(12-32-27)22-15-35(2)25-10-20(30)6-7-21(22)25;1-17(28(38)35-13-18(10-30)14-35)33-27(37)22-15-36(16-39-7-8-40(2,3)4)26-25(22)34-24(12-32-26)21-11-31-23-9-19(29)5-6-20(21)23/h6-7,10,12,15-16,18-19H,8-9,13-14,17H2,1-5H3,(H,33,38);5-6,9,11-12,15,17-18,31H,7-8,13-14,16H2,1-4H3,(H,33,37)/t18-;17-/m11/s1. The van der Waals surface area contributed by atoms with E-state index in [4.69, 9.17) is 58.2 Å². The van der Waals surface area contributed by atoms with Gasteiger partial charge in [0.05, 0.1) is 58.9 Å². The van der Waals surface area contributed by atoms with Crippen molar-refractivity contribution < 1.29 is 28.7 Å². The number of carbonyl (C=O) groups excluding carboxylic acids is 4. The monoisotopic (exact) mass is 1170 g/mol. The van der Waals surface area contributed by atoms with Gasteiger partial charge < -0.3 is 48.6 Å². The van der Waals surface area contributed by atoms with Crippen LogP contribution in [0.1, 0.15) is 34.6 Å². The Morgan fingerprint density at radius 1 is 0.691 bits per heavy atom. The van der Waals surface area contributed by atoms with Crippen molar-refractivity contribution >= 4 is 107 Å². The first-order valence-electron chi connectivity index (χ1n) is 26.9. The van der Waals surface area contributed by atoms with Crippen molar-refractivity contribution in [3.8, 4) is 34.7 Å². The summed E-state index contributed by atoms with van der Waals surface area (Å²) >= 11 is 12.4. The molecule has 0 radical (unpaired) electrons. The minimum atomic E-state index is -1.27. The second kappa shape index (κ2) is 23.9. The fourth-order valence-corrected chi connectivity index (χ4v) is 11.4. The second-order valence-corrected chi connectivity index (χ2v) is 35.4. The smallest absolute Gasteiger partial charge is 0.255 e. The minimum absolute atomic E-state index is 0.153. The normalized spacial score (nSPS) is 14.7. The number of ether oxygens (including phenoxy) is 2. The third kappa shape index (κ3) is 13.2. The molecule has 0 spiro atoms. The molecule has 0 aliphatic carbocycles. The van der Waals surface area contributed by atoms with Crippen molar-refractivity contribution in [2.45, 2.75) is 90.8 Å². The van der Waals surface area contributed by atoms with Gasteiger partial charge >= 0.3 is 0 Å². The van der Waals surface area contributed by atoms with Gasteiger partial charge in [-0.05, 0) is 50.2 Å². The van der Waals surface area contributed by atoms with E-state index in [1.54, 1.807) is 57.6 Å². The van der Waals surface area contributed by atoms with Gasteiger partial charge in [-0.1, -0.05) is 74.6 Å². The highest BCUT2D eigenvalue weighted by Gasteiger charge is 2.35. The summed E-state index contributed by atoms with van der Waals surface area (Å²) in [5.41, 5.74) is 7.23. The fraction of sp³-hybridized carbons (Fsp3) is 0.404. The molecule has 10 rings (SSSR count). The number of H-pyrrole nitrogens is 1. The van der Waals surface area contributed by atoms with E-state index in [1.807, 2.05) is 60.4 Å². The number of hydrogen-bond acceptors (Lipinski definition) is 12. The highest BCUT2D eigenvalue weighted by molar-refractivity contribution is 6.76. The number of aromatic amines is 1. The first-order chi connectivity index (χ1) is 38.5. The molecule has 2 aliphatic heterocycles. The van der Waals surface area contributed by atoms with E-state index >= 15 is 0 Å². The molecule has 0 unspecified atom stereocenters. The van der Waals surface area contributed by atoms with Crippen LogP contribution in [-0.4, -0.2) is 140 Å². The van der Waals surface area contributed by atoms with Gasteiger partial charge in [0.25, 0.3) is 11.8 Å². The highest BCUT2D eigenvalue weighted by atomic mass is 35.5. The van der Waals surface area contributed by atoms with Crippen LogP contribution in [0.4, 0.5) is 0 Å². The molecular formula is C57H66Cl2N14O6Si2. The maximum atomic E-state index is 13.5. The first kappa shape index (κ1) is 58.2. The van der Waals surface area contributed by atoms with Gasteiger partial charge in [0.15, 0.2) is 11.3 Å². The number of aromatic nitrogens is 8. The quantitative estimate of drug-likeness (QED) is 0.0537. The summed E-state index contributed by atoms with van der Waals surface area (Å²) in [5, 5.41) is 26.8. The van der Waals surface area contributed by atoms with E-state index in [0.29, 0.717) is 94.3 Å². The Bertz CT molecular complexity index is 3800. The van der Waals surface area contributed by atoms with Crippen molar-refractivity contribution in [2.75, 3.05) is 39.4 Å². The molecule has 4 amide bonds. The van der Waals surface area contributed by atoms with Gasteiger partial charge in [0.2, 0.25) is 11.8 Å². The molecule has 81 heavy (non-hydrogen) atoms. The maximum Gasteiger partial charge on any atom is 0.255 e. The number of hydrogen-bond donors (Lipinski definition) is 3. The molecule has 2 saturated heterocycles. The number of likely N-dealkylation sites (tertiary alicyclic amines) is 2. The molecule has 0 bridgehead atoms. The number of fused-ring (bicyclic) bond motifs is 4. The molecule has 20 nitrogen and oxygen atoms in total. The number of nitriles is 2. The Labute approximate surface area is 481 Å². The first-order valence-corrected chi connectivity index (χ1v) is 35.0. The number of benzene rings is 2. The molecule has 24 heteroatoms. The largest absolute Gasteiger partial charge is 0.361 e. The Morgan fingerprint density at radius 3 is 1.62 bits per heavy atom. The zero-order valence-electron chi connectivity index (χ0n) is 46.9. The molecule has 3 N–H and O–H groups in total. The Hall–Kier alpha value is -7.45. The van der Waals surface area contributed by atoms with Gasteiger partial charge in [-0.15, -0.1) is 0 Å². The van der Waals surface area contributed by atoms with Crippen LogP contribution in [0, 0.1) is 34.5 Å². The number of aryl methyl sites for hydroxylation is 1. The SMILES string of the molecule is C[C@@H](NC(=O)c1cn(COCC[Si](C)(C)C)c2ncc(-c3c[nH]c4cc(Cl)ccc34)nc12)C(=O)N1CC(C#N)C1.C[C@@H](NC(=O)c1cn(COCC[Si](C)(C)C)c2ncc(-c3cn(C)c4cc(Cl)ccc34)nc12)C(=O)N1CC(C#N)C1. The van der Waals surface area contributed by atoms with Crippen LogP contribution in [0.15, 0.2) is 73.6 Å². The van der Waals surface area contributed by atoms with Crippen LogP contribution in [0.2, 0.25) is 61.4 Å². The number of carbonyl (C=O) groups is 4. The lowest BCUT2D eigenvalue weighted by molar-refractivity contribution is -0.138. The van der Waals surface area contributed by atoms with Crippen molar-refractivity contribution in [3.05, 3.63) is 94.8 Å². The lowest BCUT2D eigenvalue weighted by atomic mass is 10.0. The zero-order chi connectivity index (χ0) is 58.1. The van der Waals surface area contributed by atoms with Crippen molar-refractivity contribution in [1.29, 1.82) is 10.5 Å². The van der Waals surface area contributed by atoms with Crippen LogP contribution >= 0.6 is 23.2 Å². The third-order valence-corrected chi connectivity index (χ3v) is 18.3. The summed E-state index contributed by atoms with van der Waals surface area (Å²) in [6.45, 7) is 20.3. The molecule has 2 aliphatic rings. The van der Waals surface area contributed by atoms with Crippen LogP contribution in [-0.2, 0) is 39.6 Å². The molecule has 8 aromatic rings. The van der Waals surface area contributed by atoms with Crippen LogP contribution in [0.5, 0.6) is 0 Å². The predicted octanol–water partition coefficient (Wildman–Crippen LogP) is 9.30. The van der Waals surface area contributed by atoms with E-state index in [2.05, 4.69) is 72.0 Å². The number of nitrogens with one attached hydrogen (secondary N) is 3. The van der Waals surface area contributed by atoms with Gasteiger partial charge in [0, 0.05) is 130 Å². The zero-order valence-corrected chi connectivity index (χ0v) is 50.4. The van der Waals surface area contributed by atoms with Gasteiger partial charge in [-0.3, -0.25) is 19.2 Å². The second-order valence-electron chi connectivity index (χ2n) is 23.3. The van der Waals surface area contributed by atoms with Crippen molar-refractivity contribution in [3.63, 3.8) is 0 Å². The molecule has 6 aromatic heterocycles. The summed E-state index contributed by atoms with van der Waals surface area (Å²) in [4.78, 5) is 78.1. The third-order valence-electron chi connectivity index (χ3n) is 14.4. The Kier molecular flexibility index (Phi) is 17.2. The Morgan fingerprint density at radius 2 is 1.15 bits per heavy atom. The lowest BCUT2D eigenvalue weighted by Gasteiger charge is -2.37. The van der Waals surface area contributed by atoms with Crippen LogP contribution in [0.3, 0.4) is 0 Å². The van der Waals surface area contributed by atoms with Gasteiger partial charge in [0.1, 0.15) is 36.6 Å². The predicted molar refractivity (Wildman–Crippen MR) is 318 cm³/mol. The van der Waals surface area contributed by atoms with Crippen molar-refractivity contribution in [2.24, 2.45) is 18.9 Å². The number of halogens is 2. The van der Waals surface area contributed by atoms with E-state index in [1.165, 1.54) is 0 Å². The maximum absolute atomic E-state index is 13.5. The number of nitrogens with zero attached hydrogens (tertiary/aromatic N) is 11. The Balaban J connectivity index is 0.000000196. The molecule has 2 aromatic carbocycles. The average Bonchev–Trinajstić information content (AvgIpc) is 4.22. The summed E-state index contributed by atoms with van der Waals surface area (Å²) < 4.78 is 17.5. The minimum Gasteiger partial charge on any atom is -0.361 e. The number of rotatable bonds is 18. The molecule has 422 valence electrons. The van der Waals surface area contributed by atoms with E-state index < -0.39 is 40.0 Å². The molecule has 2 atom stereocenters. The van der Waals surface area contributed by atoms with E-state index in [9.17, 15) is 19.2 Å².